The third kappa shape index (κ3) is 1.71. The van der Waals surface area contributed by atoms with Gasteiger partial charge in [-0.1, -0.05) is 0 Å². The highest BCUT2D eigenvalue weighted by Gasteiger charge is 2.18. The Kier molecular flexibility index (Phi) is 1.79. The van der Waals surface area contributed by atoms with E-state index in [9.17, 15) is 4.79 Å². The maximum atomic E-state index is 9.90. The second-order valence-electron chi connectivity index (χ2n) is 1.19. The quantitative estimate of drug-likeness (QED) is 0.460. The number of hydrogen-bond acceptors (Lipinski definition) is 2. The standard InChI is InChI=1S/C3H5N3O/c1-2(6-5)3(4)7/h2H,1H3,(H-,4,7)/p+1/t2-/m1/s1. The first-order valence-electron chi connectivity index (χ1n) is 1.82. The summed E-state index contributed by atoms with van der Waals surface area (Å²) in [5, 5.41) is 7.83. The summed E-state index contributed by atoms with van der Waals surface area (Å²) in [6, 6.07) is -0.778. The molecule has 7 heavy (non-hydrogen) atoms. The van der Waals surface area contributed by atoms with Crippen LogP contribution in [0.5, 0.6) is 0 Å². The Morgan fingerprint density at radius 3 is 2.43 bits per heavy atom. The van der Waals surface area contributed by atoms with E-state index in [1.807, 2.05) is 0 Å². The van der Waals surface area contributed by atoms with Crippen LogP contribution in [0.2, 0.25) is 0 Å². The largest absolute Gasteiger partial charge is 0.387 e. The van der Waals surface area contributed by atoms with E-state index < -0.39 is 11.9 Å². The lowest BCUT2D eigenvalue weighted by Gasteiger charge is -1.75. The summed E-state index contributed by atoms with van der Waals surface area (Å²) in [4.78, 5) is 12.5. The smallest absolute Gasteiger partial charge is 0.363 e. The normalized spacial score (nSPS) is 12.0. The lowest BCUT2D eigenvalue weighted by atomic mass is 10.4. The van der Waals surface area contributed by atoms with Gasteiger partial charge in [0.05, 0.1) is 0 Å². The Bertz CT molecular complexity index is 114. The number of hydrogen-bond donors (Lipinski definition) is 1. The molecule has 38 valence electrons. The van der Waals surface area contributed by atoms with Crippen molar-refractivity contribution in [3.63, 3.8) is 0 Å². The van der Waals surface area contributed by atoms with Crippen molar-refractivity contribution in [1.29, 1.82) is 5.39 Å². The van der Waals surface area contributed by atoms with E-state index in [2.05, 4.69) is 10.7 Å². The molecule has 0 unspecified atom stereocenters. The number of diazo groups is 1. The summed E-state index contributed by atoms with van der Waals surface area (Å²) in [6.45, 7) is 1.41. The summed E-state index contributed by atoms with van der Waals surface area (Å²) >= 11 is 0. The van der Waals surface area contributed by atoms with E-state index in [4.69, 9.17) is 5.39 Å². The van der Waals surface area contributed by atoms with Crippen LogP contribution < -0.4 is 5.73 Å². The molecule has 0 aromatic heterocycles. The van der Waals surface area contributed by atoms with Gasteiger partial charge in [-0.05, 0) is 0 Å². The molecule has 0 rings (SSSR count). The molecule has 2 N–H and O–H groups in total. The van der Waals surface area contributed by atoms with Crippen LogP contribution in [0.4, 0.5) is 0 Å². The predicted molar refractivity (Wildman–Crippen MR) is 23.7 cm³/mol. The van der Waals surface area contributed by atoms with E-state index in [-0.39, 0.29) is 0 Å². The summed E-state index contributed by atoms with van der Waals surface area (Å²) in [7, 11) is 0. The highest BCUT2D eigenvalue weighted by molar-refractivity contribution is 5.80. The lowest BCUT2D eigenvalue weighted by Crippen LogP contribution is -2.22. The van der Waals surface area contributed by atoms with Crippen LogP contribution in [0.15, 0.2) is 0 Å². The number of nitrogens with two attached hydrogens (primary N) is 1. The van der Waals surface area contributed by atoms with Gasteiger partial charge in [0, 0.05) is 6.92 Å². The first-order valence-corrected chi connectivity index (χ1v) is 1.82. The van der Waals surface area contributed by atoms with Gasteiger partial charge in [-0.25, -0.2) is 0 Å². The zero-order valence-electron chi connectivity index (χ0n) is 3.96. The topological polar surface area (TPSA) is 71.2 Å². The number of nitrogens with zero attached hydrogens (tertiary/aromatic N) is 2. The fourth-order valence-corrected chi connectivity index (χ4v) is 0.0569. The van der Waals surface area contributed by atoms with Gasteiger partial charge in [-0.2, -0.15) is 0 Å². The van der Waals surface area contributed by atoms with Crippen molar-refractivity contribution in [1.82, 2.24) is 0 Å². The van der Waals surface area contributed by atoms with Gasteiger partial charge in [0.15, 0.2) is 0 Å². The average Bonchev–Trinajstić information content (AvgIpc) is 1.65. The van der Waals surface area contributed by atoms with Gasteiger partial charge in [0.2, 0.25) is 5.39 Å². The SMILES string of the molecule is C[C@@H]([N+]#N)C(N)=O. The third-order valence-electron chi connectivity index (χ3n) is 0.585. The molecule has 0 aromatic carbocycles. The van der Waals surface area contributed by atoms with Crippen molar-refractivity contribution in [2.75, 3.05) is 0 Å². The van der Waals surface area contributed by atoms with Gasteiger partial charge in [-0.15, -0.1) is 0 Å². The van der Waals surface area contributed by atoms with Crippen LogP contribution >= 0.6 is 0 Å². The second kappa shape index (κ2) is 2.13. The predicted octanol–water partition coefficient (Wildman–Crippen LogP) is -0.287. The van der Waals surface area contributed by atoms with Crippen LogP contribution in [0.3, 0.4) is 0 Å². The Labute approximate surface area is 40.9 Å². The van der Waals surface area contributed by atoms with E-state index in [1.165, 1.54) is 6.92 Å². The number of amides is 1. The van der Waals surface area contributed by atoms with Gasteiger partial charge < -0.3 is 5.73 Å². The first-order chi connectivity index (χ1) is 3.18. The molecule has 0 spiro atoms. The second-order valence-corrected chi connectivity index (χ2v) is 1.19. The molecule has 0 bridgehead atoms. The lowest BCUT2D eigenvalue weighted by molar-refractivity contribution is -0.118. The van der Waals surface area contributed by atoms with Crippen LogP contribution in [0.25, 0.3) is 4.98 Å². The zero-order chi connectivity index (χ0) is 5.86. The molecule has 4 nitrogen and oxygen atoms in total. The molecular formula is C3H6N3O+. The summed E-state index contributed by atoms with van der Waals surface area (Å²) in [5.74, 6) is -0.623. The monoisotopic (exact) mass is 100 g/mol. The Morgan fingerprint density at radius 2 is 2.43 bits per heavy atom. The van der Waals surface area contributed by atoms with Crippen molar-refractivity contribution in [2.45, 2.75) is 13.0 Å². The average molecular weight is 100 g/mol. The molecule has 0 fully saturated rings. The summed E-state index contributed by atoms with van der Waals surface area (Å²) < 4.78 is 0. The van der Waals surface area contributed by atoms with Crippen molar-refractivity contribution in [3.8, 4) is 0 Å². The maximum Gasteiger partial charge on any atom is 0.387 e. The Morgan fingerprint density at radius 1 is 2.00 bits per heavy atom. The maximum absolute atomic E-state index is 9.90. The molecule has 0 saturated carbocycles. The van der Waals surface area contributed by atoms with E-state index >= 15 is 0 Å². The molecule has 0 aromatic rings. The van der Waals surface area contributed by atoms with Crippen LogP contribution in [-0.2, 0) is 4.79 Å². The van der Waals surface area contributed by atoms with Crippen LogP contribution in [0.1, 0.15) is 6.92 Å². The summed E-state index contributed by atoms with van der Waals surface area (Å²) in [6.07, 6.45) is 0. The Balaban J connectivity index is 3.63. The zero-order valence-corrected chi connectivity index (χ0v) is 3.96. The fraction of sp³-hybridized carbons (Fsp3) is 0.667. The van der Waals surface area contributed by atoms with Gasteiger partial charge in [0.1, 0.15) is 4.98 Å². The number of primary amides is 1. The minimum Gasteiger partial charge on any atom is -0.363 e. The number of rotatable bonds is 1. The number of carbonyl (C=O) groups excluding carboxylic acids is 1. The molecule has 4 heteroatoms. The highest BCUT2D eigenvalue weighted by atomic mass is 16.1. The molecule has 0 heterocycles. The van der Waals surface area contributed by atoms with E-state index in [1.54, 1.807) is 0 Å². The third-order valence-corrected chi connectivity index (χ3v) is 0.585. The minimum absolute atomic E-state index is 0.623. The van der Waals surface area contributed by atoms with E-state index in [0.717, 1.165) is 0 Å². The van der Waals surface area contributed by atoms with E-state index in [0.29, 0.717) is 0 Å². The summed E-state index contributed by atoms with van der Waals surface area (Å²) in [5.41, 5.74) is 4.65. The molecular weight excluding hydrogens is 94.1 g/mol. The highest BCUT2D eigenvalue weighted by Crippen LogP contribution is 1.82. The number of carbonyl (C=O) groups is 1. The molecule has 1 atom stereocenters. The van der Waals surface area contributed by atoms with Crippen molar-refractivity contribution in [3.05, 3.63) is 4.98 Å². The first kappa shape index (κ1) is 5.89. The Hall–Kier alpha value is -1.11. The van der Waals surface area contributed by atoms with Gasteiger partial charge in [-0.3, -0.25) is 4.79 Å². The fourth-order valence-electron chi connectivity index (χ4n) is 0.0569. The molecule has 1 amide bonds. The van der Waals surface area contributed by atoms with Crippen molar-refractivity contribution in [2.24, 2.45) is 5.73 Å². The molecule has 0 aliphatic rings. The molecule has 0 aliphatic carbocycles. The van der Waals surface area contributed by atoms with Crippen molar-refractivity contribution < 1.29 is 4.79 Å². The van der Waals surface area contributed by atoms with Crippen molar-refractivity contribution >= 4 is 5.91 Å². The molecule has 0 radical (unpaired) electrons. The van der Waals surface area contributed by atoms with Crippen LogP contribution in [-0.4, -0.2) is 11.9 Å². The van der Waals surface area contributed by atoms with Crippen LogP contribution in [0, 0.1) is 5.39 Å². The van der Waals surface area contributed by atoms with Gasteiger partial charge in [0.25, 0.3) is 0 Å². The van der Waals surface area contributed by atoms with Gasteiger partial charge >= 0.3 is 11.9 Å². The molecule has 0 saturated heterocycles. The molecule has 0 aliphatic heterocycles. The minimum atomic E-state index is -0.778.